The van der Waals surface area contributed by atoms with Crippen molar-refractivity contribution in [2.45, 2.75) is 44.1 Å². The highest BCUT2D eigenvalue weighted by Gasteiger charge is 2.47. The molecule has 2 aliphatic rings. The van der Waals surface area contributed by atoms with Gasteiger partial charge < -0.3 is 19.7 Å². The molecule has 2 N–H and O–H groups in total. The van der Waals surface area contributed by atoms with E-state index in [1.165, 1.54) is 12.2 Å². The van der Waals surface area contributed by atoms with Gasteiger partial charge in [-0.05, 0) is 26.0 Å². The molecular weight excluding hydrogens is 220 g/mol. The fourth-order valence-electron chi connectivity index (χ4n) is 1.82. The van der Waals surface area contributed by atoms with Gasteiger partial charge in [0.15, 0.2) is 5.79 Å². The second kappa shape index (κ2) is 4.52. The minimum Gasteiger partial charge on any atom is -0.377 e. The third kappa shape index (κ3) is 2.69. The number of aliphatic hydroxyl groups excluding tert-OH is 2. The predicted octanol–water partition coefficient (Wildman–Crippen LogP) is -0.195. The van der Waals surface area contributed by atoms with Crippen molar-refractivity contribution in [1.29, 1.82) is 0 Å². The van der Waals surface area contributed by atoms with Crippen LogP contribution in [0, 0.1) is 23.7 Å². The Morgan fingerprint density at radius 2 is 1.35 bits per heavy atom. The minimum absolute atomic E-state index is 0.701. The highest BCUT2D eigenvalue weighted by Crippen LogP contribution is 2.31. The summed E-state index contributed by atoms with van der Waals surface area (Å²) in [4.78, 5) is 0. The first kappa shape index (κ1) is 12.2. The van der Waals surface area contributed by atoms with Crippen LogP contribution in [0.4, 0.5) is 0 Å². The molecule has 1 fully saturated rings. The van der Waals surface area contributed by atoms with E-state index in [0.717, 1.165) is 0 Å². The summed E-state index contributed by atoms with van der Waals surface area (Å²) in [6.45, 7) is 3.44. The second-order valence-electron chi connectivity index (χ2n) is 4.37. The Morgan fingerprint density at radius 1 is 0.941 bits per heavy atom. The average molecular weight is 234 g/mol. The molecule has 0 aromatic carbocycles. The summed E-state index contributed by atoms with van der Waals surface area (Å²) in [7, 11) is 0. The van der Waals surface area contributed by atoms with Crippen LogP contribution in [0.25, 0.3) is 0 Å². The van der Waals surface area contributed by atoms with Crippen LogP contribution in [-0.4, -0.2) is 40.4 Å². The number of allylic oxidation sites excluding steroid dienone is 2. The highest BCUT2D eigenvalue weighted by atomic mass is 16.8. The van der Waals surface area contributed by atoms with E-state index in [2.05, 4.69) is 23.7 Å². The van der Waals surface area contributed by atoms with E-state index in [9.17, 15) is 10.2 Å². The van der Waals surface area contributed by atoms with Crippen molar-refractivity contribution < 1.29 is 19.7 Å². The van der Waals surface area contributed by atoms with Gasteiger partial charge in [-0.15, -0.1) is 0 Å². The molecule has 0 saturated carbocycles. The lowest BCUT2D eigenvalue weighted by Crippen LogP contribution is -2.41. The van der Waals surface area contributed by atoms with Crippen LogP contribution < -0.4 is 0 Å². The SMILES string of the molecule is CC1(C)O[C@@H]2[C@@H](O1)[C@H](O)C#C/C=C\C#C[C@H]2O. The molecule has 0 bridgehead atoms. The summed E-state index contributed by atoms with van der Waals surface area (Å²) in [5.74, 6) is 9.69. The van der Waals surface area contributed by atoms with Crippen LogP contribution in [0.3, 0.4) is 0 Å². The number of hydrogen-bond donors (Lipinski definition) is 2. The van der Waals surface area contributed by atoms with Crippen molar-refractivity contribution in [3.8, 4) is 23.7 Å². The Hall–Kier alpha value is -1.30. The van der Waals surface area contributed by atoms with Gasteiger partial charge in [0.1, 0.15) is 24.4 Å². The first-order chi connectivity index (χ1) is 7.99. The molecule has 1 heterocycles. The molecule has 2 rings (SSSR count). The molecule has 0 aromatic rings. The zero-order valence-electron chi connectivity index (χ0n) is 9.68. The van der Waals surface area contributed by atoms with Gasteiger partial charge >= 0.3 is 0 Å². The van der Waals surface area contributed by atoms with Crippen molar-refractivity contribution in [3.63, 3.8) is 0 Å². The Morgan fingerprint density at radius 3 is 1.76 bits per heavy atom. The molecule has 90 valence electrons. The molecule has 1 aliphatic carbocycles. The van der Waals surface area contributed by atoms with Crippen molar-refractivity contribution in [2.75, 3.05) is 0 Å². The monoisotopic (exact) mass is 234 g/mol. The number of rotatable bonds is 0. The Labute approximate surface area is 100 Å². The largest absolute Gasteiger partial charge is 0.377 e. The maximum absolute atomic E-state index is 9.88. The van der Waals surface area contributed by atoms with Crippen molar-refractivity contribution in [1.82, 2.24) is 0 Å². The minimum atomic E-state index is -1.01. The van der Waals surface area contributed by atoms with Crippen LogP contribution in [0.5, 0.6) is 0 Å². The summed E-state index contributed by atoms with van der Waals surface area (Å²) in [6.07, 6.45) is -0.391. The van der Waals surface area contributed by atoms with Crippen molar-refractivity contribution in [3.05, 3.63) is 12.2 Å². The van der Waals surface area contributed by atoms with Gasteiger partial charge in [-0.2, -0.15) is 0 Å². The van der Waals surface area contributed by atoms with Crippen LogP contribution in [0.2, 0.25) is 0 Å². The third-order valence-corrected chi connectivity index (χ3v) is 2.50. The Bertz CT molecular complexity index is 404. The maximum Gasteiger partial charge on any atom is 0.164 e. The molecule has 0 amide bonds. The van der Waals surface area contributed by atoms with E-state index in [0.29, 0.717) is 0 Å². The van der Waals surface area contributed by atoms with Gasteiger partial charge in [0, 0.05) is 0 Å². The normalized spacial score (nSPS) is 40.2. The van der Waals surface area contributed by atoms with E-state index >= 15 is 0 Å². The number of hydrogen-bond acceptors (Lipinski definition) is 4. The zero-order chi connectivity index (χ0) is 12.5. The van der Waals surface area contributed by atoms with Crippen LogP contribution in [0.15, 0.2) is 12.2 Å². The van der Waals surface area contributed by atoms with Gasteiger partial charge in [-0.1, -0.05) is 23.7 Å². The molecule has 1 saturated heterocycles. The Kier molecular flexibility index (Phi) is 3.24. The maximum atomic E-state index is 9.88. The van der Waals surface area contributed by atoms with E-state index in [-0.39, 0.29) is 0 Å². The predicted molar refractivity (Wildman–Crippen MR) is 60.5 cm³/mol. The quantitative estimate of drug-likeness (QED) is 0.570. The lowest BCUT2D eigenvalue weighted by molar-refractivity contribution is -0.156. The van der Waals surface area contributed by atoms with Crippen LogP contribution in [0.1, 0.15) is 13.8 Å². The molecular formula is C13H14O4. The van der Waals surface area contributed by atoms with E-state index < -0.39 is 30.2 Å². The lowest BCUT2D eigenvalue weighted by Gasteiger charge is -2.20. The smallest absolute Gasteiger partial charge is 0.164 e. The van der Waals surface area contributed by atoms with E-state index in [1.807, 2.05) is 0 Å². The summed E-state index contributed by atoms with van der Waals surface area (Å²) in [5.41, 5.74) is 0. The summed E-state index contributed by atoms with van der Waals surface area (Å²) in [5, 5.41) is 19.8. The summed E-state index contributed by atoms with van der Waals surface area (Å²) < 4.78 is 11.1. The third-order valence-electron chi connectivity index (χ3n) is 2.50. The van der Waals surface area contributed by atoms with Crippen molar-refractivity contribution >= 4 is 0 Å². The topological polar surface area (TPSA) is 58.9 Å². The molecule has 4 atom stereocenters. The molecule has 0 spiro atoms. The molecule has 0 unspecified atom stereocenters. The standard InChI is InChI=1S/C13H14O4/c1-13(2)16-11-9(14)7-5-3-4-6-8-10(15)12(11)17-13/h3-4,9-12,14-15H,1-2H3/b4-3-/t9-,10-,11+,12+/m1/s1. The molecule has 0 radical (unpaired) electrons. The van der Waals surface area contributed by atoms with Gasteiger partial charge in [-0.3, -0.25) is 0 Å². The number of ether oxygens (including phenoxy) is 2. The molecule has 4 heteroatoms. The molecule has 4 nitrogen and oxygen atoms in total. The first-order valence-corrected chi connectivity index (χ1v) is 5.38. The zero-order valence-corrected chi connectivity index (χ0v) is 9.68. The first-order valence-electron chi connectivity index (χ1n) is 5.38. The average Bonchev–Trinajstić information content (AvgIpc) is 2.58. The Balaban J connectivity index is 2.32. The fourth-order valence-corrected chi connectivity index (χ4v) is 1.82. The van der Waals surface area contributed by atoms with Gasteiger partial charge in [0.2, 0.25) is 0 Å². The van der Waals surface area contributed by atoms with Gasteiger partial charge in [0.05, 0.1) is 0 Å². The molecule has 1 aliphatic heterocycles. The second-order valence-corrected chi connectivity index (χ2v) is 4.37. The fraction of sp³-hybridized carbons (Fsp3) is 0.538. The van der Waals surface area contributed by atoms with Gasteiger partial charge in [0.25, 0.3) is 0 Å². The summed E-state index contributed by atoms with van der Waals surface area (Å²) >= 11 is 0. The lowest BCUT2D eigenvalue weighted by atomic mass is 10.0. The van der Waals surface area contributed by atoms with Crippen LogP contribution in [-0.2, 0) is 9.47 Å². The summed E-state index contributed by atoms with van der Waals surface area (Å²) in [6, 6.07) is 0. The molecule has 0 aromatic heterocycles. The van der Waals surface area contributed by atoms with Gasteiger partial charge in [-0.25, -0.2) is 0 Å². The van der Waals surface area contributed by atoms with Crippen LogP contribution >= 0.6 is 0 Å². The highest BCUT2D eigenvalue weighted by molar-refractivity contribution is 5.29. The molecule has 17 heavy (non-hydrogen) atoms. The number of fused-ring (bicyclic) bond motifs is 1. The number of aliphatic hydroxyl groups is 2. The van der Waals surface area contributed by atoms with E-state index in [1.54, 1.807) is 13.8 Å². The van der Waals surface area contributed by atoms with E-state index in [4.69, 9.17) is 9.47 Å². The van der Waals surface area contributed by atoms with Crippen molar-refractivity contribution in [2.24, 2.45) is 0 Å².